The molecule has 6 nitrogen and oxygen atoms in total. The molecule has 0 amide bonds. The first-order valence-electron chi connectivity index (χ1n) is 6.94. The van der Waals surface area contributed by atoms with Gasteiger partial charge in [-0.05, 0) is 30.3 Å². The van der Waals surface area contributed by atoms with Gasteiger partial charge >= 0.3 is 0 Å². The van der Waals surface area contributed by atoms with E-state index in [1.165, 1.54) is 7.11 Å². The Labute approximate surface area is 146 Å². The van der Waals surface area contributed by atoms with Crippen molar-refractivity contribution in [2.75, 3.05) is 7.11 Å². The Hall–Kier alpha value is -2.57. The zero-order valence-electron chi connectivity index (χ0n) is 12.4. The van der Waals surface area contributed by atoms with Crippen molar-refractivity contribution in [2.24, 2.45) is 0 Å². The van der Waals surface area contributed by atoms with Gasteiger partial charge in [0.05, 0.1) is 22.8 Å². The van der Waals surface area contributed by atoms with Gasteiger partial charge in [-0.3, -0.25) is 4.57 Å². The maximum absolute atomic E-state index is 6.18. The topological polar surface area (TPSA) is 66.0 Å². The molecule has 2 aromatic heterocycles. The molecule has 0 aliphatic carbocycles. The smallest absolute Gasteiger partial charge is 0.227 e. The Morgan fingerprint density at radius 3 is 2.42 bits per heavy atom. The summed E-state index contributed by atoms with van der Waals surface area (Å²) in [4.78, 5) is 4.51. The van der Waals surface area contributed by atoms with E-state index in [1.807, 2.05) is 18.2 Å². The summed E-state index contributed by atoms with van der Waals surface area (Å²) in [5.74, 6) is 0.852. The van der Waals surface area contributed by atoms with Crippen molar-refractivity contribution in [2.45, 2.75) is 0 Å². The maximum Gasteiger partial charge on any atom is 0.227 e. The van der Waals surface area contributed by atoms with E-state index < -0.39 is 0 Å². The lowest BCUT2D eigenvalue weighted by molar-refractivity contribution is 0.415. The maximum atomic E-state index is 6.18. The van der Waals surface area contributed by atoms with Crippen LogP contribution in [0.5, 0.6) is 5.75 Å². The third-order valence-electron chi connectivity index (χ3n) is 3.54. The standard InChI is InChI=1S/C16H10Cl2N4O2/c1-23-15-11(17)4-9(5-12(15)18)16-21-13-6-10(2-3-14(13)24-16)22-7-19-20-8-22/h2-8H,1H3. The van der Waals surface area contributed by atoms with Gasteiger partial charge in [-0.15, -0.1) is 10.2 Å². The molecule has 120 valence electrons. The highest BCUT2D eigenvalue weighted by atomic mass is 35.5. The van der Waals surface area contributed by atoms with Crippen LogP contribution in [0.25, 0.3) is 28.2 Å². The van der Waals surface area contributed by atoms with E-state index in [-0.39, 0.29) is 0 Å². The highest BCUT2D eigenvalue weighted by molar-refractivity contribution is 6.37. The van der Waals surface area contributed by atoms with Gasteiger partial charge in [0.15, 0.2) is 11.3 Å². The minimum Gasteiger partial charge on any atom is -0.494 e. The average molecular weight is 361 g/mol. The number of hydrogen-bond acceptors (Lipinski definition) is 5. The molecule has 2 heterocycles. The zero-order valence-corrected chi connectivity index (χ0v) is 13.9. The van der Waals surface area contributed by atoms with Crippen LogP contribution in [0.2, 0.25) is 10.0 Å². The van der Waals surface area contributed by atoms with Gasteiger partial charge in [-0.2, -0.15) is 0 Å². The van der Waals surface area contributed by atoms with Gasteiger partial charge in [0, 0.05) is 5.56 Å². The highest BCUT2D eigenvalue weighted by Crippen LogP contribution is 2.37. The fraction of sp³-hybridized carbons (Fsp3) is 0.0625. The van der Waals surface area contributed by atoms with Crippen molar-refractivity contribution in [3.63, 3.8) is 0 Å². The van der Waals surface area contributed by atoms with Gasteiger partial charge in [0.25, 0.3) is 0 Å². The number of methoxy groups -OCH3 is 1. The molecule has 4 rings (SSSR count). The second-order valence-electron chi connectivity index (χ2n) is 5.01. The molecule has 0 fully saturated rings. The molecule has 2 aromatic carbocycles. The summed E-state index contributed by atoms with van der Waals surface area (Å²) in [6.45, 7) is 0. The van der Waals surface area contributed by atoms with Gasteiger partial charge in [0.1, 0.15) is 18.2 Å². The summed E-state index contributed by atoms with van der Waals surface area (Å²) >= 11 is 12.4. The number of hydrogen-bond donors (Lipinski definition) is 0. The van der Waals surface area contributed by atoms with Gasteiger partial charge < -0.3 is 9.15 Å². The molecule has 0 unspecified atom stereocenters. The van der Waals surface area contributed by atoms with Crippen molar-refractivity contribution in [1.29, 1.82) is 0 Å². The summed E-state index contributed by atoms with van der Waals surface area (Å²) in [5, 5.41) is 8.38. The first-order valence-corrected chi connectivity index (χ1v) is 7.70. The monoisotopic (exact) mass is 360 g/mol. The van der Waals surface area contributed by atoms with Crippen molar-refractivity contribution in [3.05, 3.63) is 53.0 Å². The lowest BCUT2D eigenvalue weighted by atomic mass is 10.2. The van der Waals surface area contributed by atoms with Crippen molar-refractivity contribution in [3.8, 4) is 22.9 Å². The molecule has 0 aliphatic heterocycles. The Bertz CT molecular complexity index is 1000. The van der Waals surface area contributed by atoms with Crippen molar-refractivity contribution < 1.29 is 9.15 Å². The van der Waals surface area contributed by atoms with Gasteiger partial charge in [0.2, 0.25) is 5.89 Å². The molecule has 0 bridgehead atoms. The minimum absolute atomic E-state index is 0.396. The van der Waals surface area contributed by atoms with Crippen LogP contribution in [0.3, 0.4) is 0 Å². The first kappa shape index (κ1) is 15.0. The predicted molar refractivity (Wildman–Crippen MR) is 90.9 cm³/mol. The molecule has 0 N–H and O–H groups in total. The highest BCUT2D eigenvalue weighted by Gasteiger charge is 2.14. The van der Waals surface area contributed by atoms with Crippen LogP contribution in [0.15, 0.2) is 47.4 Å². The zero-order chi connectivity index (χ0) is 16.7. The lowest BCUT2D eigenvalue weighted by Crippen LogP contribution is -1.89. The normalized spacial score (nSPS) is 11.1. The lowest BCUT2D eigenvalue weighted by Gasteiger charge is -2.06. The molecular weight excluding hydrogens is 351 g/mol. The molecule has 0 spiro atoms. The Morgan fingerprint density at radius 1 is 1.04 bits per heavy atom. The SMILES string of the molecule is COc1c(Cl)cc(-c2nc3cc(-n4cnnc4)ccc3o2)cc1Cl. The molecule has 8 heteroatoms. The summed E-state index contributed by atoms with van der Waals surface area (Å²) in [5.41, 5.74) is 2.93. The molecule has 0 saturated carbocycles. The molecule has 4 aromatic rings. The van der Waals surface area contributed by atoms with Crippen LogP contribution in [-0.2, 0) is 0 Å². The average Bonchev–Trinajstić information content (AvgIpc) is 3.23. The van der Waals surface area contributed by atoms with Crippen LogP contribution in [0.4, 0.5) is 0 Å². The second-order valence-corrected chi connectivity index (χ2v) is 5.83. The van der Waals surface area contributed by atoms with Crippen LogP contribution >= 0.6 is 23.2 Å². The number of rotatable bonds is 3. The molecule has 0 aliphatic rings. The number of aromatic nitrogens is 4. The number of nitrogens with zero attached hydrogens (tertiary/aromatic N) is 4. The van der Waals surface area contributed by atoms with Gasteiger partial charge in [-0.1, -0.05) is 23.2 Å². The van der Waals surface area contributed by atoms with E-state index in [0.717, 1.165) is 5.69 Å². The largest absolute Gasteiger partial charge is 0.494 e. The number of benzene rings is 2. The molecule has 0 saturated heterocycles. The fourth-order valence-corrected chi connectivity index (χ4v) is 3.05. The summed E-state index contributed by atoms with van der Waals surface area (Å²) in [7, 11) is 1.51. The fourth-order valence-electron chi connectivity index (χ4n) is 2.41. The Kier molecular flexibility index (Phi) is 3.63. The molecule has 24 heavy (non-hydrogen) atoms. The number of oxazole rings is 1. The predicted octanol–water partition coefficient (Wildman–Crippen LogP) is 4.39. The first-order chi connectivity index (χ1) is 11.7. The van der Waals surface area contributed by atoms with E-state index in [1.54, 1.807) is 29.4 Å². The Balaban J connectivity index is 1.81. The van der Waals surface area contributed by atoms with Crippen LogP contribution in [0.1, 0.15) is 0 Å². The number of fused-ring (bicyclic) bond motifs is 1. The van der Waals surface area contributed by atoms with E-state index >= 15 is 0 Å². The van der Waals surface area contributed by atoms with E-state index in [9.17, 15) is 0 Å². The van der Waals surface area contributed by atoms with E-state index in [4.69, 9.17) is 32.4 Å². The molecule has 0 atom stereocenters. The van der Waals surface area contributed by atoms with Crippen LogP contribution < -0.4 is 4.74 Å². The van der Waals surface area contributed by atoms with Crippen molar-refractivity contribution in [1.82, 2.24) is 19.7 Å². The third kappa shape index (κ3) is 2.50. The summed E-state index contributed by atoms with van der Waals surface area (Å²) in [6, 6.07) is 9.04. The molecule has 0 radical (unpaired) electrons. The van der Waals surface area contributed by atoms with Crippen LogP contribution in [-0.4, -0.2) is 26.9 Å². The summed E-state index contributed by atoms with van der Waals surface area (Å²) < 4.78 is 12.7. The minimum atomic E-state index is 0.396. The summed E-state index contributed by atoms with van der Waals surface area (Å²) in [6.07, 6.45) is 3.23. The molecular formula is C16H10Cl2N4O2. The second kappa shape index (κ2) is 5.81. The van der Waals surface area contributed by atoms with E-state index in [0.29, 0.717) is 38.3 Å². The van der Waals surface area contributed by atoms with Crippen molar-refractivity contribution >= 4 is 34.3 Å². The van der Waals surface area contributed by atoms with E-state index in [2.05, 4.69) is 15.2 Å². The number of halogens is 2. The Morgan fingerprint density at radius 2 is 1.75 bits per heavy atom. The van der Waals surface area contributed by atoms with Gasteiger partial charge in [-0.25, -0.2) is 4.98 Å². The quantitative estimate of drug-likeness (QED) is 0.541. The number of ether oxygens (including phenoxy) is 1. The third-order valence-corrected chi connectivity index (χ3v) is 4.10. The van der Waals surface area contributed by atoms with Crippen LogP contribution in [0, 0.1) is 0 Å².